The number of alkyl halides is 3. The Kier molecular flexibility index (Phi) is 4.26. The van der Waals surface area contributed by atoms with Gasteiger partial charge in [-0.1, -0.05) is 59.9 Å². The average molecular weight is 373 g/mol. The highest BCUT2D eigenvalue weighted by atomic mass is 80.0. The molecule has 0 fully saturated rings. The van der Waals surface area contributed by atoms with Crippen LogP contribution in [0.2, 0.25) is 0 Å². The number of ether oxygens (including phenoxy) is 1. The summed E-state index contributed by atoms with van der Waals surface area (Å²) in [7, 11) is 0. The van der Waals surface area contributed by atoms with Crippen molar-refractivity contribution < 1.29 is 4.74 Å². The number of hydrogen-bond acceptors (Lipinski definition) is 1. The van der Waals surface area contributed by atoms with Crippen molar-refractivity contribution in [2.45, 2.75) is 9.07 Å². The molecule has 1 aromatic carbocycles. The molecule has 0 saturated heterocycles. The quantitative estimate of drug-likeness (QED) is 0.700. The first kappa shape index (κ1) is 11.5. The van der Waals surface area contributed by atoms with Crippen molar-refractivity contribution in [1.82, 2.24) is 0 Å². The lowest BCUT2D eigenvalue weighted by atomic mass is 10.2. The smallest absolute Gasteiger partial charge is 0.159 e. The second-order valence-corrected chi connectivity index (χ2v) is 9.22. The molecule has 0 unspecified atom stereocenters. The molecule has 0 atom stereocenters. The standard InChI is InChI=1S/C9H9Br3O/c1-2-13-8-5-3-7(4-6-8)9(10,11)12/h3-6H,2H2,1H3. The lowest BCUT2D eigenvalue weighted by Gasteiger charge is -2.12. The van der Waals surface area contributed by atoms with Crippen molar-refractivity contribution >= 4 is 47.8 Å². The third-order valence-electron chi connectivity index (χ3n) is 1.49. The highest BCUT2D eigenvalue weighted by Gasteiger charge is 2.20. The number of halogens is 3. The van der Waals surface area contributed by atoms with E-state index in [1.807, 2.05) is 31.2 Å². The zero-order chi connectivity index (χ0) is 9.90. The van der Waals surface area contributed by atoms with Crippen LogP contribution >= 0.6 is 47.8 Å². The first-order chi connectivity index (χ1) is 6.04. The van der Waals surface area contributed by atoms with E-state index in [0.29, 0.717) is 6.61 Å². The summed E-state index contributed by atoms with van der Waals surface area (Å²) in [5, 5.41) is 0. The van der Waals surface area contributed by atoms with Crippen molar-refractivity contribution in [3.8, 4) is 5.75 Å². The van der Waals surface area contributed by atoms with Crippen LogP contribution < -0.4 is 4.74 Å². The lowest BCUT2D eigenvalue weighted by molar-refractivity contribution is 0.340. The third-order valence-corrected chi connectivity index (χ3v) is 2.87. The van der Waals surface area contributed by atoms with Crippen molar-refractivity contribution in [1.29, 1.82) is 0 Å². The largest absolute Gasteiger partial charge is 0.494 e. The van der Waals surface area contributed by atoms with Crippen LogP contribution in [-0.4, -0.2) is 6.61 Å². The van der Waals surface area contributed by atoms with E-state index in [-0.39, 0.29) is 2.14 Å². The van der Waals surface area contributed by atoms with Gasteiger partial charge in [0.25, 0.3) is 0 Å². The third kappa shape index (κ3) is 3.60. The molecule has 0 amide bonds. The molecule has 4 heteroatoms. The first-order valence-corrected chi connectivity index (χ1v) is 6.22. The Balaban J connectivity index is 2.81. The SMILES string of the molecule is CCOc1ccc(C(Br)(Br)Br)cc1. The van der Waals surface area contributed by atoms with Gasteiger partial charge in [0.2, 0.25) is 0 Å². The van der Waals surface area contributed by atoms with Gasteiger partial charge in [-0.05, 0) is 24.6 Å². The molecule has 0 heterocycles. The van der Waals surface area contributed by atoms with Gasteiger partial charge in [0.05, 0.1) is 6.61 Å². The molecular formula is C9H9Br3O. The van der Waals surface area contributed by atoms with E-state index < -0.39 is 0 Å². The number of rotatable bonds is 2. The average Bonchev–Trinajstić information content (AvgIpc) is 2.04. The predicted molar refractivity (Wildman–Crippen MR) is 66.1 cm³/mol. The molecule has 0 spiro atoms. The molecule has 1 nitrogen and oxygen atoms in total. The minimum atomic E-state index is -0.336. The number of hydrogen-bond donors (Lipinski definition) is 0. The molecule has 0 radical (unpaired) electrons. The molecule has 0 aromatic heterocycles. The summed E-state index contributed by atoms with van der Waals surface area (Å²) in [6.07, 6.45) is 0. The molecule has 0 aliphatic rings. The van der Waals surface area contributed by atoms with Gasteiger partial charge in [-0.15, -0.1) is 0 Å². The van der Waals surface area contributed by atoms with Gasteiger partial charge in [0.15, 0.2) is 2.14 Å². The van der Waals surface area contributed by atoms with Crippen LogP contribution in [0.25, 0.3) is 0 Å². The van der Waals surface area contributed by atoms with Crippen LogP contribution in [0.5, 0.6) is 5.75 Å². The van der Waals surface area contributed by atoms with E-state index in [0.717, 1.165) is 11.3 Å². The maximum absolute atomic E-state index is 5.33. The van der Waals surface area contributed by atoms with Crippen LogP contribution in [0.15, 0.2) is 24.3 Å². The van der Waals surface area contributed by atoms with Crippen molar-refractivity contribution in [2.24, 2.45) is 0 Å². The Morgan fingerprint density at radius 3 is 2.08 bits per heavy atom. The molecular weight excluding hydrogens is 364 g/mol. The molecule has 1 rings (SSSR count). The van der Waals surface area contributed by atoms with Crippen molar-refractivity contribution in [3.05, 3.63) is 29.8 Å². The van der Waals surface area contributed by atoms with Crippen LogP contribution in [0.4, 0.5) is 0 Å². The van der Waals surface area contributed by atoms with E-state index >= 15 is 0 Å². The maximum atomic E-state index is 5.33. The summed E-state index contributed by atoms with van der Waals surface area (Å²) < 4.78 is 4.99. The highest BCUT2D eigenvalue weighted by molar-refractivity contribution is 9.38. The normalized spacial score (nSPS) is 11.4. The Morgan fingerprint density at radius 2 is 1.69 bits per heavy atom. The van der Waals surface area contributed by atoms with Crippen LogP contribution in [0, 0.1) is 0 Å². The summed E-state index contributed by atoms with van der Waals surface area (Å²) in [6.45, 7) is 2.67. The second kappa shape index (κ2) is 4.80. The summed E-state index contributed by atoms with van der Waals surface area (Å²) in [4.78, 5) is 0. The van der Waals surface area contributed by atoms with Crippen LogP contribution in [0.3, 0.4) is 0 Å². The van der Waals surface area contributed by atoms with Crippen molar-refractivity contribution in [2.75, 3.05) is 6.61 Å². The van der Waals surface area contributed by atoms with E-state index in [2.05, 4.69) is 47.8 Å². The molecule has 0 saturated carbocycles. The zero-order valence-electron chi connectivity index (χ0n) is 7.06. The Labute approximate surface area is 103 Å². The fourth-order valence-corrected chi connectivity index (χ4v) is 1.70. The summed E-state index contributed by atoms with van der Waals surface area (Å²) >= 11 is 10.3. The van der Waals surface area contributed by atoms with E-state index in [4.69, 9.17) is 4.74 Å². The molecule has 1 aromatic rings. The van der Waals surface area contributed by atoms with Gasteiger partial charge in [-0.3, -0.25) is 0 Å². The summed E-state index contributed by atoms with van der Waals surface area (Å²) in [6, 6.07) is 7.86. The molecule has 72 valence electrons. The maximum Gasteiger partial charge on any atom is 0.159 e. The fourth-order valence-electron chi connectivity index (χ4n) is 0.907. The van der Waals surface area contributed by atoms with E-state index in [9.17, 15) is 0 Å². The van der Waals surface area contributed by atoms with Crippen LogP contribution in [0.1, 0.15) is 12.5 Å². The minimum Gasteiger partial charge on any atom is -0.494 e. The molecule has 0 aliphatic heterocycles. The van der Waals surface area contributed by atoms with E-state index in [1.54, 1.807) is 0 Å². The fraction of sp³-hybridized carbons (Fsp3) is 0.333. The van der Waals surface area contributed by atoms with E-state index in [1.165, 1.54) is 0 Å². The number of benzene rings is 1. The molecule has 0 bridgehead atoms. The highest BCUT2D eigenvalue weighted by Crippen LogP contribution is 2.44. The van der Waals surface area contributed by atoms with Gasteiger partial charge >= 0.3 is 0 Å². The molecule has 0 aliphatic carbocycles. The lowest BCUT2D eigenvalue weighted by Crippen LogP contribution is -1.97. The van der Waals surface area contributed by atoms with Gasteiger partial charge in [-0.25, -0.2) is 0 Å². The predicted octanol–water partition coefficient (Wildman–Crippen LogP) is 4.38. The first-order valence-electron chi connectivity index (χ1n) is 3.84. The van der Waals surface area contributed by atoms with Crippen LogP contribution in [-0.2, 0) is 2.14 Å². The van der Waals surface area contributed by atoms with Crippen molar-refractivity contribution in [3.63, 3.8) is 0 Å². The topological polar surface area (TPSA) is 9.23 Å². The minimum absolute atomic E-state index is 0.336. The summed E-state index contributed by atoms with van der Waals surface area (Å²) in [5.41, 5.74) is 1.09. The Bertz CT molecular complexity index is 263. The zero-order valence-corrected chi connectivity index (χ0v) is 11.8. The van der Waals surface area contributed by atoms with Gasteiger partial charge in [0.1, 0.15) is 5.75 Å². The van der Waals surface area contributed by atoms with Gasteiger partial charge < -0.3 is 4.74 Å². The Morgan fingerprint density at radius 1 is 1.15 bits per heavy atom. The van der Waals surface area contributed by atoms with Gasteiger partial charge in [-0.2, -0.15) is 0 Å². The second-order valence-electron chi connectivity index (χ2n) is 2.46. The molecule has 13 heavy (non-hydrogen) atoms. The monoisotopic (exact) mass is 370 g/mol. The van der Waals surface area contributed by atoms with Gasteiger partial charge in [0, 0.05) is 0 Å². The Hall–Kier alpha value is 0.460. The summed E-state index contributed by atoms with van der Waals surface area (Å²) in [5.74, 6) is 0.892. The molecule has 0 N–H and O–H groups in total.